The number of nitrogens with two attached hydrogens (primary N) is 1. The minimum absolute atomic E-state index is 0.0401. The van der Waals surface area contributed by atoms with Gasteiger partial charge in [0.15, 0.2) is 0 Å². The van der Waals surface area contributed by atoms with Crippen LogP contribution in [0.4, 0.5) is 5.69 Å². The molecule has 1 aromatic carbocycles. The van der Waals surface area contributed by atoms with Gasteiger partial charge in [-0.3, -0.25) is 20.4 Å². The van der Waals surface area contributed by atoms with Crippen molar-refractivity contribution in [1.29, 1.82) is 0 Å². The van der Waals surface area contributed by atoms with E-state index in [9.17, 15) is 18.0 Å². The highest BCUT2D eigenvalue weighted by Gasteiger charge is 2.20. The Hall–Kier alpha value is -2.13. The number of hydrazine groups is 1. The van der Waals surface area contributed by atoms with E-state index in [2.05, 4.69) is 10.9 Å². The van der Waals surface area contributed by atoms with Gasteiger partial charge in [0.2, 0.25) is 15.9 Å². The molecule has 1 aromatic rings. The van der Waals surface area contributed by atoms with Crippen LogP contribution in [-0.2, 0) is 14.8 Å². The Morgan fingerprint density at radius 1 is 1.20 bits per heavy atom. The molecule has 0 unspecified atom stereocenters. The smallest absolute Gasteiger partial charge is 0.271 e. The standard InChI is InChI=1S/C11H16N4O4S/c1-7(16)13-14-11(17)9-6-8(4-5-10(9)12)20(18,19)15(2)3/h4-6H,12H2,1-3H3,(H,13,16)(H,14,17). The lowest BCUT2D eigenvalue weighted by atomic mass is 10.2. The maximum absolute atomic E-state index is 12.0. The number of benzene rings is 1. The molecule has 0 atom stereocenters. The summed E-state index contributed by atoms with van der Waals surface area (Å²) in [7, 11) is -0.915. The second kappa shape index (κ2) is 5.88. The number of carbonyl (C=O) groups is 2. The maximum atomic E-state index is 12.0. The van der Waals surface area contributed by atoms with Gasteiger partial charge in [0.1, 0.15) is 0 Å². The number of carbonyl (C=O) groups excluding carboxylic acids is 2. The molecule has 20 heavy (non-hydrogen) atoms. The molecule has 110 valence electrons. The van der Waals surface area contributed by atoms with Crippen molar-refractivity contribution in [3.63, 3.8) is 0 Å². The monoisotopic (exact) mass is 300 g/mol. The molecule has 0 bridgehead atoms. The van der Waals surface area contributed by atoms with Gasteiger partial charge in [-0.1, -0.05) is 0 Å². The molecule has 1 rings (SSSR count). The third kappa shape index (κ3) is 3.45. The molecule has 0 radical (unpaired) electrons. The lowest BCUT2D eigenvalue weighted by molar-refractivity contribution is -0.119. The average molecular weight is 300 g/mol. The summed E-state index contributed by atoms with van der Waals surface area (Å²) in [6.07, 6.45) is 0. The van der Waals surface area contributed by atoms with E-state index >= 15 is 0 Å². The van der Waals surface area contributed by atoms with E-state index in [0.717, 1.165) is 10.4 Å². The van der Waals surface area contributed by atoms with Gasteiger partial charge in [-0.25, -0.2) is 12.7 Å². The molecular weight excluding hydrogens is 284 g/mol. The summed E-state index contributed by atoms with van der Waals surface area (Å²) in [6, 6.07) is 3.78. The van der Waals surface area contributed by atoms with Crippen molar-refractivity contribution in [3.05, 3.63) is 23.8 Å². The lowest BCUT2D eigenvalue weighted by Gasteiger charge is -2.13. The molecule has 2 amide bonds. The van der Waals surface area contributed by atoms with Crippen molar-refractivity contribution in [3.8, 4) is 0 Å². The molecule has 9 heteroatoms. The van der Waals surface area contributed by atoms with E-state index in [0.29, 0.717) is 0 Å². The number of nitrogen functional groups attached to an aromatic ring is 1. The van der Waals surface area contributed by atoms with E-state index in [-0.39, 0.29) is 16.1 Å². The zero-order valence-corrected chi connectivity index (χ0v) is 12.1. The molecule has 0 aliphatic heterocycles. The Kier molecular flexibility index (Phi) is 4.69. The predicted octanol–water partition coefficient (Wildman–Crippen LogP) is -0.700. The van der Waals surface area contributed by atoms with E-state index in [4.69, 9.17) is 5.73 Å². The highest BCUT2D eigenvalue weighted by atomic mass is 32.2. The van der Waals surface area contributed by atoms with Gasteiger partial charge in [0, 0.05) is 26.7 Å². The Bertz CT molecular complexity index is 640. The van der Waals surface area contributed by atoms with Crippen LogP contribution in [0.3, 0.4) is 0 Å². The van der Waals surface area contributed by atoms with Gasteiger partial charge in [-0.2, -0.15) is 0 Å². The summed E-state index contributed by atoms with van der Waals surface area (Å²) < 4.78 is 25.0. The highest BCUT2D eigenvalue weighted by Crippen LogP contribution is 2.19. The fourth-order valence-corrected chi connectivity index (χ4v) is 2.24. The number of anilines is 1. The van der Waals surface area contributed by atoms with Crippen LogP contribution in [0.15, 0.2) is 23.1 Å². The van der Waals surface area contributed by atoms with Crippen LogP contribution in [-0.4, -0.2) is 38.6 Å². The maximum Gasteiger partial charge on any atom is 0.271 e. The number of nitrogens with one attached hydrogen (secondary N) is 2. The van der Waals surface area contributed by atoms with Crippen molar-refractivity contribution < 1.29 is 18.0 Å². The number of amides is 2. The van der Waals surface area contributed by atoms with Crippen LogP contribution in [0.25, 0.3) is 0 Å². The molecule has 4 N–H and O–H groups in total. The molecule has 0 aliphatic carbocycles. The van der Waals surface area contributed by atoms with E-state index < -0.39 is 21.8 Å². The van der Waals surface area contributed by atoms with Gasteiger partial charge >= 0.3 is 0 Å². The Morgan fingerprint density at radius 3 is 2.30 bits per heavy atom. The van der Waals surface area contributed by atoms with Crippen LogP contribution in [0.2, 0.25) is 0 Å². The highest BCUT2D eigenvalue weighted by molar-refractivity contribution is 7.89. The first kappa shape index (κ1) is 15.9. The molecule has 0 aromatic heterocycles. The molecule has 0 saturated carbocycles. The predicted molar refractivity (Wildman–Crippen MR) is 73.0 cm³/mol. The molecular formula is C11H16N4O4S. The second-order valence-corrected chi connectivity index (χ2v) is 6.32. The second-order valence-electron chi connectivity index (χ2n) is 4.17. The Labute approximate surface area is 117 Å². The fraction of sp³-hybridized carbons (Fsp3) is 0.273. The molecule has 0 heterocycles. The summed E-state index contributed by atoms with van der Waals surface area (Å²) >= 11 is 0. The van der Waals surface area contributed by atoms with Crippen LogP contribution >= 0.6 is 0 Å². The summed E-state index contributed by atoms with van der Waals surface area (Å²) in [5.74, 6) is -1.16. The van der Waals surface area contributed by atoms with Gasteiger partial charge in [0.05, 0.1) is 10.5 Å². The first-order chi connectivity index (χ1) is 9.16. The third-order valence-electron chi connectivity index (χ3n) is 2.40. The van der Waals surface area contributed by atoms with Gasteiger partial charge < -0.3 is 5.73 Å². The third-order valence-corrected chi connectivity index (χ3v) is 4.21. The van der Waals surface area contributed by atoms with Gasteiger partial charge in [-0.15, -0.1) is 0 Å². The zero-order valence-electron chi connectivity index (χ0n) is 11.3. The summed E-state index contributed by atoms with van der Waals surface area (Å²) in [6.45, 7) is 1.22. The van der Waals surface area contributed by atoms with E-state index in [1.807, 2.05) is 0 Å². The van der Waals surface area contributed by atoms with Crippen LogP contribution in [0.5, 0.6) is 0 Å². The van der Waals surface area contributed by atoms with E-state index in [1.165, 1.54) is 33.2 Å². The zero-order chi connectivity index (χ0) is 15.5. The Morgan fingerprint density at radius 2 is 1.80 bits per heavy atom. The molecule has 0 spiro atoms. The SMILES string of the molecule is CC(=O)NNC(=O)c1cc(S(=O)(=O)N(C)C)ccc1N. The molecule has 0 saturated heterocycles. The van der Waals surface area contributed by atoms with Crippen molar-refractivity contribution in [2.75, 3.05) is 19.8 Å². The topological polar surface area (TPSA) is 122 Å². The summed E-state index contributed by atoms with van der Waals surface area (Å²) in [5.41, 5.74) is 9.91. The average Bonchev–Trinajstić information content (AvgIpc) is 2.35. The summed E-state index contributed by atoms with van der Waals surface area (Å²) in [5, 5.41) is 0. The fourth-order valence-electron chi connectivity index (χ4n) is 1.32. The molecule has 8 nitrogen and oxygen atoms in total. The lowest BCUT2D eigenvalue weighted by Crippen LogP contribution is -2.40. The summed E-state index contributed by atoms with van der Waals surface area (Å²) in [4.78, 5) is 22.5. The van der Waals surface area contributed by atoms with Crippen molar-refractivity contribution >= 4 is 27.5 Å². The van der Waals surface area contributed by atoms with E-state index in [1.54, 1.807) is 0 Å². The number of nitrogens with zero attached hydrogens (tertiary/aromatic N) is 1. The number of hydrogen-bond donors (Lipinski definition) is 3. The number of sulfonamides is 1. The normalized spacial score (nSPS) is 11.2. The quantitative estimate of drug-likeness (QED) is 0.503. The van der Waals surface area contributed by atoms with Gasteiger partial charge in [-0.05, 0) is 18.2 Å². The number of rotatable bonds is 3. The van der Waals surface area contributed by atoms with Gasteiger partial charge in [0.25, 0.3) is 5.91 Å². The molecule has 0 aliphatic rings. The largest absolute Gasteiger partial charge is 0.398 e. The van der Waals surface area contributed by atoms with Crippen molar-refractivity contribution in [1.82, 2.24) is 15.2 Å². The Balaban J connectivity index is 3.16. The number of hydrogen-bond acceptors (Lipinski definition) is 5. The van der Waals surface area contributed by atoms with Crippen LogP contribution in [0, 0.1) is 0 Å². The van der Waals surface area contributed by atoms with Crippen molar-refractivity contribution in [2.24, 2.45) is 0 Å². The first-order valence-electron chi connectivity index (χ1n) is 5.55. The minimum Gasteiger partial charge on any atom is -0.398 e. The van der Waals surface area contributed by atoms with Crippen molar-refractivity contribution in [2.45, 2.75) is 11.8 Å². The molecule has 0 fully saturated rings. The minimum atomic E-state index is -3.67. The van der Waals surface area contributed by atoms with Crippen LogP contribution < -0.4 is 16.6 Å². The first-order valence-corrected chi connectivity index (χ1v) is 6.99. The van der Waals surface area contributed by atoms with Crippen LogP contribution in [0.1, 0.15) is 17.3 Å².